The van der Waals surface area contributed by atoms with Crippen LogP contribution in [0.2, 0.25) is 0 Å². The molecule has 28 heavy (non-hydrogen) atoms. The number of nitrogens with two attached hydrogens (primary N) is 2. The summed E-state index contributed by atoms with van der Waals surface area (Å²) in [4.78, 5) is 26.5. The fraction of sp³-hybridized carbons (Fsp3) is 0.0526. The third kappa shape index (κ3) is 2.44. The predicted molar refractivity (Wildman–Crippen MR) is 105 cm³/mol. The van der Waals surface area contributed by atoms with Crippen molar-refractivity contribution >= 4 is 49.8 Å². The molecule has 0 saturated carbocycles. The number of hydrogen-bond acceptors (Lipinski definition) is 6. The zero-order valence-electron chi connectivity index (χ0n) is 14.6. The highest BCUT2D eigenvalue weighted by Gasteiger charge is 2.36. The van der Waals surface area contributed by atoms with Gasteiger partial charge in [0.05, 0.1) is 16.9 Å². The number of imide groups is 1. The third-order valence-electron chi connectivity index (χ3n) is 4.83. The van der Waals surface area contributed by atoms with Gasteiger partial charge < -0.3 is 11.5 Å². The van der Waals surface area contributed by atoms with Gasteiger partial charge in [0.15, 0.2) is 0 Å². The van der Waals surface area contributed by atoms with E-state index in [1.54, 1.807) is 19.1 Å². The molecule has 0 fully saturated rings. The van der Waals surface area contributed by atoms with Crippen LogP contribution in [-0.2, 0) is 10.1 Å². The second kappa shape index (κ2) is 5.78. The summed E-state index contributed by atoms with van der Waals surface area (Å²) in [6, 6.07) is 10.3. The number of nitrogens with zero attached hydrogens (tertiary/aromatic N) is 1. The van der Waals surface area contributed by atoms with Crippen LogP contribution in [0.5, 0.6) is 0 Å². The first-order valence-electron chi connectivity index (χ1n) is 8.19. The summed E-state index contributed by atoms with van der Waals surface area (Å²) in [7, 11) is -4.68. The van der Waals surface area contributed by atoms with Crippen LogP contribution in [-0.4, -0.2) is 24.8 Å². The van der Waals surface area contributed by atoms with Crippen molar-refractivity contribution in [2.45, 2.75) is 11.8 Å². The van der Waals surface area contributed by atoms with E-state index >= 15 is 0 Å². The molecule has 0 radical (unpaired) electrons. The Labute approximate surface area is 160 Å². The number of amides is 2. The van der Waals surface area contributed by atoms with E-state index in [2.05, 4.69) is 0 Å². The Hall–Kier alpha value is -3.43. The van der Waals surface area contributed by atoms with Gasteiger partial charge >= 0.3 is 0 Å². The summed E-state index contributed by atoms with van der Waals surface area (Å²) < 4.78 is 33.0. The van der Waals surface area contributed by atoms with Crippen molar-refractivity contribution in [3.05, 3.63) is 59.2 Å². The van der Waals surface area contributed by atoms with Crippen LogP contribution in [0.3, 0.4) is 0 Å². The summed E-state index contributed by atoms with van der Waals surface area (Å²) in [6.45, 7) is 1.79. The highest BCUT2D eigenvalue weighted by atomic mass is 32.2. The van der Waals surface area contributed by atoms with Crippen LogP contribution in [0.1, 0.15) is 26.3 Å². The Kier molecular flexibility index (Phi) is 3.71. The van der Waals surface area contributed by atoms with Crippen molar-refractivity contribution in [1.29, 1.82) is 0 Å². The molecule has 1 heterocycles. The standard InChI is InChI=1S/C19H15N3O5S/c1-9-5-6-10(7-14(9)20)22-18(23)12-4-2-3-11-16(12)13(19(22)24)8-15(17(11)21)28(25,26)27/h2-8H,20-21H2,1H3,(H,25,26,27). The molecule has 9 heteroatoms. The molecule has 4 rings (SSSR count). The van der Waals surface area contributed by atoms with E-state index in [0.29, 0.717) is 5.69 Å². The van der Waals surface area contributed by atoms with Crippen molar-refractivity contribution < 1.29 is 22.6 Å². The molecule has 3 aromatic rings. The van der Waals surface area contributed by atoms with Gasteiger partial charge in [-0.3, -0.25) is 14.1 Å². The molecule has 8 nitrogen and oxygen atoms in total. The third-order valence-corrected chi connectivity index (χ3v) is 5.72. The van der Waals surface area contributed by atoms with Crippen molar-refractivity contribution in [2.24, 2.45) is 0 Å². The fourth-order valence-corrected chi connectivity index (χ4v) is 4.03. The van der Waals surface area contributed by atoms with Crippen LogP contribution in [0, 0.1) is 6.92 Å². The highest BCUT2D eigenvalue weighted by Crippen LogP contribution is 2.38. The zero-order valence-corrected chi connectivity index (χ0v) is 15.4. The zero-order chi connectivity index (χ0) is 20.4. The Morgan fingerprint density at radius 1 is 0.964 bits per heavy atom. The van der Waals surface area contributed by atoms with Crippen molar-refractivity contribution in [1.82, 2.24) is 0 Å². The van der Waals surface area contributed by atoms with E-state index in [1.165, 1.54) is 24.3 Å². The molecule has 0 saturated heterocycles. The van der Waals surface area contributed by atoms with Gasteiger partial charge in [0, 0.05) is 22.0 Å². The molecule has 0 aromatic heterocycles. The van der Waals surface area contributed by atoms with Gasteiger partial charge in [0.1, 0.15) is 4.90 Å². The number of hydrogen-bond donors (Lipinski definition) is 3. The summed E-state index contributed by atoms with van der Waals surface area (Å²) in [6.07, 6.45) is 0. The van der Waals surface area contributed by atoms with Gasteiger partial charge in [0.25, 0.3) is 21.9 Å². The minimum Gasteiger partial charge on any atom is -0.398 e. The lowest BCUT2D eigenvalue weighted by Crippen LogP contribution is -2.40. The van der Waals surface area contributed by atoms with Gasteiger partial charge in [-0.05, 0) is 36.8 Å². The molecule has 3 aromatic carbocycles. The summed E-state index contributed by atoms with van der Waals surface area (Å²) in [5, 5.41) is 0.450. The fourth-order valence-electron chi connectivity index (χ4n) is 3.38. The van der Waals surface area contributed by atoms with E-state index in [0.717, 1.165) is 16.5 Å². The molecule has 0 atom stereocenters. The molecule has 1 aliphatic rings. The molecule has 5 N–H and O–H groups in total. The lowest BCUT2D eigenvalue weighted by Gasteiger charge is -2.28. The Balaban J connectivity index is 2.06. The van der Waals surface area contributed by atoms with Gasteiger partial charge in [-0.25, -0.2) is 4.90 Å². The lowest BCUT2D eigenvalue weighted by molar-refractivity contribution is 0.0893. The number of aryl methyl sites for hydroxylation is 1. The maximum absolute atomic E-state index is 13.1. The summed E-state index contributed by atoms with van der Waals surface area (Å²) in [5.74, 6) is -1.31. The number of carbonyl (C=O) groups is 2. The van der Waals surface area contributed by atoms with Gasteiger partial charge in [0.2, 0.25) is 0 Å². The molecular weight excluding hydrogens is 382 g/mol. The number of benzene rings is 3. The predicted octanol–water partition coefficient (Wildman–Crippen LogP) is 2.36. The average Bonchev–Trinajstić information content (AvgIpc) is 2.62. The van der Waals surface area contributed by atoms with Gasteiger partial charge in [-0.15, -0.1) is 0 Å². The van der Waals surface area contributed by atoms with Crippen LogP contribution in [0.15, 0.2) is 47.4 Å². The number of rotatable bonds is 2. The monoisotopic (exact) mass is 397 g/mol. The molecule has 0 bridgehead atoms. The SMILES string of the molecule is Cc1ccc(N2C(=O)c3cccc4c(N)c(S(=O)(=O)O)cc(c34)C2=O)cc1N. The second-order valence-corrected chi connectivity index (χ2v) is 7.92. The van der Waals surface area contributed by atoms with E-state index in [1.807, 2.05) is 0 Å². The first-order chi connectivity index (χ1) is 13.1. The first-order valence-corrected chi connectivity index (χ1v) is 9.63. The van der Waals surface area contributed by atoms with E-state index in [4.69, 9.17) is 11.5 Å². The molecule has 0 aliphatic carbocycles. The Bertz CT molecular complexity index is 1310. The normalized spacial score (nSPS) is 14.0. The number of nitrogen functional groups attached to an aromatic ring is 2. The first kappa shape index (κ1) is 18.0. The Morgan fingerprint density at radius 3 is 2.29 bits per heavy atom. The minimum absolute atomic E-state index is 0.0498. The topological polar surface area (TPSA) is 144 Å². The van der Waals surface area contributed by atoms with Crippen molar-refractivity contribution in [3.63, 3.8) is 0 Å². The van der Waals surface area contributed by atoms with Crippen LogP contribution in [0.4, 0.5) is 17.1 Å². The molecule has 1 aliphatic heterocycles. The molecule has 0 spiro atoms. The van der Waals surface area contributed by atoms with E-state index in [9.17, 15) is 22.6 Å². The smallest absolute Gasteiger partial charge is 0.296 e. The van der Waals surface area contributed by atoms with Crippen molar-refractivity contribution in [2.75, 3.05) is 16.4 Å². The average molecular weight is 397 g/mol. The van der Waals surface area contributed by atoms with Crippen LogP contribution >= 0.6 is 0 Å². The molecule has 142 valence electrons. The largest absolute Gasteiger partial charge is 0.398 e. The van der Waals surface area contributed by atoms with Gasteiger partial charge in [-0.1, -0.05) is 18.2 Å². The minimum atomic E-state index is -4.68. The van der Waals surface area contributed by atoms with Gasteiger partial charge in [-0.2, -0.15) is 8.42 Å². The molecular formula is C19H15N3O5S. The quantitative estimate of drug-likeness (QED) is 0.342. The van der Waals surface area contributed by atoms with Crippen molar-refractivity contribution in [3.8, 4) is 0 Å². The number of anilines is 3. The number of carbonyl (C=O) groups excluding carboxylic acids is 2. The van der Waals surface area contributed by atoms with Crippen LogP contribution in [0.25, 0.3) is 10.8 Å². The molecule has 2 amide bonds. The summed E-state index contributed by atoms with van der Waals surface area (Å²) >= 11 is 0. The van der Waals surface area contributed by atoms with Crippen LogP contribution < -0.4 is 16.4 Å². The molecule has 0 unspecified atom stereocenters. The lowest BCUT2D eigenvalue weighted by atomic mass is 9.92. The van der Waals surface area contributed by atoms with E-state index < -0.39 is 26.8 Å². The van der Waals surface area contributed by atoms with E-state index in [-0.39, 0.29) is 33.3 Å². The highest BCUT2D eigenvalue weighted by molar-refractivity contribution is 7.86. The maximum atomic E-state index is 13.1. The maximum Gasteiger partial charge on any atom is 0.296 e. The summed E-state index contributed by atoms with van der Waals surface area (Å²) in [5.41, 5.74) is 13.2. The Morgan fingerprint density at radius 2 is 1.64 bits per heavy atom. The second-order valence-electron chi connectivity index (χ2n) is 6.53.